The summed E-state index contributed by atoms with van der Waals surface area (Å²) in [5.74, 6) is -0.488. The Bertz CT molecular complexity index is 945. The number of hydrogen-bond donors (Lipinski definition) is 3. The van der Waals surface area contributed by atoms with Crippen LogP contribution < -0.4 is 11.1 Å². The normalized spacial score (nSPS) is 17.0. The first-order valence-corrected chi connectivity index (χ1v) is 9.74. The average molecular weight is 393 g/mol. The molecule has 1 aromatic carbocycles. The number of hydrogen-bond acceptors (Lipinski definition) is 5. The molecule has 6 nitrogen and oxygen atoms in total. The fourth-order valence-electron chi connectivity index (χ4n) is 3.34. The third-order valence-electron chi connectivity index (χ3n) is 4.68. The molecule has 1 aliphatic heterocycles. The molecule has 0 radical (unpaired) electrons. The molecule has 28 heavy (non-hydrogen) atoms. The molecule has 1 unspecified atom stereocenters. The Morgan fingerprint density at radius 1 is 1.36 bits per heavy atom. The molecule has 0 bridgehead atoms. The van der Waals surface area contributed by atoms with Gasteiger partial charge in [-0.2, -0.15) is 6.21 Å². The maximum Gasteiger partial charge on any atom is 0.270 e. The third-order valence-corrected chi connectivity index (χ3v) is 5.58. The molecule has 1 aromatic heterocycles. The fourth-order valence-corrected chi connectivity index (χ4v) is 3.99. The van der Waals surface area contributed by atoms with Crippen molar-refractivity contribution in [1.29, 1.82) is 5.41 Å². The van der Waals surface area contributed by atoms with E-state index in [1.54, 1.807) is 18.1 Å². The van der Waals surface area contributed by atoms with Crippen molar-refractivity contribution < 1.29 is 4.79 Å². The van der Waals surface area contributed by atoms with Crippen LogP contribution in [-0.4, -0.2) is 36.3 Å². The molecule has 144 valence electrons. The summed E-state index contributed by atoms with van der Waals surface area (Å²) in [5.41, 5.74) is 9.05. The van der Waals surface area contributed by atoms with Crippen LogP contribution in [0.5, 0.6) is 0 Å². The number of nitrogens with two attached hydrogens (primary N) is 1. The van der Waals surface area contributed by atoms with Gasteiger partial charge in [0.15, 0.2) is 0 Å². The average Bonchev–Trinajstić information content (AvgIpc) is 3.25. The van der Waals surface area contributed by atoms with Gasteiger partial charge in [-0.1, -0.05) is 30.3 Å². The Kier molecular flexibility index (Phi) is 6.06. The molecule has 1 amide bonds. The molecule has 2 heterocycles. The van der Waals surface area contributed by atoms with Crippen LogP contribution in [0, 0.1) is 5.41 Å². The van der Waals surface area contributed by atoms with Gasteiger partial charge in [-0.3, -0.25) is 10.2 Å². The lowest BCUT2D eigenvalue weighted by molar-refractivity contribution is -0.128. The highest BCUT2D eigenvalue weighted by molar-refractivity contribution is 7.12. The monoisotopic (exact) mass is 392 g/mol. The molecule has 0 saturated carbocycles. The third kappa shape index (κ3) is 4.04. The maximum atomic E-state index is 13.0. The number of carbonyl (C=O) groups is 1. The summed E-state index contributed by atoms with van der Waals surface area (Å²) < 4.78 is 0. The minimum atomic E-state index is -0.317. The van der Waals surface area contributed by atoms with Gasteiger partial charge >= 0.3 is 0 Å². The van der Waals surface area contributed by atoms with Crippen molar-refractivity contribution in [3.05, 3.63) is 86.7 Å². The van der Waals surface area contributed by atoms with Crippen molar-refractivity contribution in [2.24, 2.45) is 5.73 Å². The van der Waals surface area contributed by atoms with E-state index >= 15 is 0 Å². The number of nitrogens with one attached hydrogen (secondary N) is 2. The summed E-state index contributed by atoms with van der Waals surface area (Å²) in [7, 11) is 1.76. The number of allylic oxidation sites excluding steroid dienone is 1. The molecule has 1 atom stereocenters. The number of thiophene rings is 1. The summed E-state index contributed by atoms with van der Waals surface area (Å²) >= 11 is 1.43. The number of nitrogens with zero attached hydrogens (tertiary/aromatic N) is 2. The minimum Gasteiger partial charge on any atom is -0.810 e. The highest BCUT2D eigenvalue weighted by Crippen LogP contribution is 2.33. The van der Waals surface area contributed by atoms with Crippen LogP contribution in [-0.2, 0) is 11.3 Å². The van der Waals surface area contributed by atoms with Crippen molar-refractivity contribution in [1.82, 2.24) is 10.2 Å². The SMILES string of the molecule is CN/C=C(\C=[N-])C1CN(C(=O)/C(N)=C/C(=N)c2cccs2)Cc2ccccc21. The number of fused-ring (bicyclic) bond motifs is 1. The van der Waals surface area contributed by atoms with Gasteiger partial charge in [0.1, 0.15) is 0 Å². The molecule has 7 heteroatoms. The van der Waals surface area contributed by atoms with Gasteiger partial charge in [0.2, 0.25) is 0 Å². The quantitative estimate of drug-likeness (QED) is 0.520. The van der Waals surface area contributed by atoms with E-state index in [1.165, 1.54) is 17.4 Å². The minimum absolute atomic E-state index is 0.0312. The van der Waals surface area contributed by atoms with Crippen LogP contribution in [0.25, 0.3) is 5.41 Å². The lowest BCUT2D eigenvalue weighted by Crippen LogP contribution is -2.41. The second kappa shape index (κ2) is 8.67. The first-order chi connectivity index (χ1) is 13.5. The smallest absolute Gasteiger partial charge is 0.270 e. The summed E-state index contributed by atoms with van der Waals surface area (Å²) in [6.45, 7) is 0.825. The van der Waals surface area contributed by atoms with E-state index in [2.05, 4.69) is 5.32 Å². The van der Waals surface area contributed by atoms with E-state index in [1.807, 2.05) is 41.8 Å². The topological polar surface area (TPSA) is 105 Å². The number of amides is 1. The molecule has 1 aliphatic rings. The van der Waals surface area contributed by atoms with E-state index in [0.29, 0.717) is 18.7 Å². The second-order valence-corrected chi connectivity index (χ2v) is 7.44. The van der Waals surface area contributed by atoms with Gasteiger partial charge < -0.3 is 21.4 Å². The van der Waals surface area contributed by atoms with Gasteiger partial charge in [0.05, 0.1) is 16.3 Å². The first-order valence-electron chi connectivity index (χ1n) is 8.86. The van der Waals surface area contributed by atoms with Crippen molar-refractivity contribution in [3.63, 3.8) is 0 Å². The molecular formula is C21H22N5OS-. The van der Waals surface area contributed by atoms with Crippen molar-refractivity contribution >= 4 is 29.2 Å². The highest BCUT2D eigenvalue weighted by Gasteiger charge is 2.29. The van der Waals surface area contributed by atoms with E-state index in [0.717, 1.165) is 22.2 Å². The maximum absolute atomic E-state index is 13.0. The Morgan fingerprint density at radius 2 is 2.14 bits per heavy atom. The summed E-state index contributed by atoms with van der Waals surface area (Å²) in [5, 5.41) is 22.6. The zero-order valence-corrected chi connectivity index (χ0v) is 16.4. The molecule has 2 aromatic rings. The van der Waals surface area contributed by atoms with E-state index in [-0.39, 0.29) is 23.2 Å². The van der Waals surface area contributed by atoms with Crippen LogP contribution in [0.4, 0.5) is 0 Å². The van der Waals surface area contributed by atoms with Crippen LogP contribution in [0.2, 0.25) is 0 Å². The van der Waals surface area contributed by atoms with Gasteiger partial charge in [-0.15, -0.1) is 11.3 Å². The van der Waals surface area contributed by atoms with Crippen molar-refractivity contribution in [2.45, 2.75) is 12.5 Å². The van der Waals surface area contributed by atoms with Crippen molar-refractivity contribution in [3.8, 4) is 0 Å². The van der Waals surface area contributed by atoms with Crippen LogP contribution in [0.1, 0.15) is 21.9 Å². The summed E-state index contributed by atoms with van der Waals surface area (Å²) in [6, 6.07) is 11.5. The zero-order valence-electron chi connectivity index (χ0n) is 15.6. The van der Waals surface area contributed by atoms with Gasteiger partial charge in [-0.05, 0) is 40.4 Å². The molecule has 0 aliphatic carbocycles. The zero-order chi connectivity index (χ0) is 20.1. The van der Waals surface area contributed by atoms with Crippen LogP contribution in [0.15, 0.2) is 65.3 Å². The molecule has 0 spiro atoms. The van der Waals surface area contributed by atoms with Gasteiger partial charge in [0, 0.05) is 26.1 Å². The van der Waals surface area contributed by atoms with Gasteiger partial charge in [-0.25, -0.2) is 0 Å². The predicted octanol–water partition coefficient (Wildman–Crippen LogP) is 2.83. The Morgan fingerprint density at radius 3 is 2.82 bits per heavy atom. The fraction of sp³-hybridized carbons (Fsp3) is 0.190. The second-order valence-electron chi connectivity index (χ2n) is 6.49. The predicted molar refractivity (Wildman–Crippen MR) is 115 cm³/mol. The standard InChI is InChI=1S/C21H22N5OS/c1-25-11-15(10-22)17-13-26(12-14-5-2-3-6-16(14)17)21(27)19(24)9-18(23)20-7-4-8-28-20/h2-11,17,23,25H,12-13,24H2,1H3/q-1/b15-11+,19-9-,23-18?. The first kappa shape index (κ1) is 19.6. The Balaban J connectivity index is 1.88. The summed E-state index contributed by atoms with van der Waals surface area (Å²) in [6.07, 6.45) is 4.20. The molecule has 3 rings (SSSR count). The number of carbonyl (C=O) groups excluding carboxylic acids is 1. The van der Waals surface area contributed by atoms with E-state index in [9.17, 15) is 10.2 Å². The highest BCUT2D eigenvalue weighted by atomic mass is 32.1. The Labute approximate surface area is 168 Å². The molecular weight excluding hydrogens is 370 g/mol. The lowest BCUT2D eigenvalue weighted by Gasteiger charge is -2.36. The van der Waals surface area contributed by atoms with E-state index < -0.39 is 0 Å². The van der Waals surface area contributed by atoms with E-state index in [4.69, 9.17) is 11.1 Å². The molecule has 0 saturated heterocycles. The molecule has 4 N–H and O–H groups in total. The van der Waals surface area contributed by atoms with Crippen LogP contribution >= 0.6 is 11.3 Å². The van der Waals surface area contributed by atoms with Crippen molar-refractivity contribution in [2.75, 3.05) is 13.6 Å². The molecule has 0 fully saturated rings. The summed E-state index contributed by atoms with van der Waals surface area (Å²) in [4.78, 5) is 15.4. The Hall–Kier alpha value is -3.19. The largest absolute Gasteiger partial charge is 0.810 e. The number of rotatable bonds is 6. The number of benzene rings is 1. The van der Waals surface area contributed by atoms with Gasteiger partial charge in [0.25, 0.3) is 5.91 Å². The van der Waals surface area contributed by atoms with Crippen LogP contribution in [0.3, 0.4) is 0 Å². The lowest BCUT2D eigenvalue weighted by atomic mass is 9.85.